The first-order valence-corrected chi connectivity index (χ1v) is 8.94. The van der Waals surface area contributed by atoms with Crippen LogP contribution in [0.3, 0.4) is 0 Å². The minimum atomic E-state index is 0.779. The van der Waals surface area contributed by atoms with Gasteiger partial charge in [-0.2, -0.15) is 0 Å². The third-order valence-electron chi connectivity index (χ3n) is 3.84. The zero-order valence-corrected chi connectivity index (χ0v) is 15.6. The molecule has 1 rings (SSSR count). The van der Waals surface area contributed by atoms with Crippen molar-refractivity contribution in [2.24, 2.45) is 0 Å². The number of hydrogen-bond donors (Lipinski definition) is 0. The van der Waals surface area contributed by atoms with Gasteiger partial charge in [0.15, 0.2) is 0 Å². The Labute approximate surface area is 138 Å². The molecule has 0 N–H and O–H groups in total. The molecule has 0 aliphatic rings. The van der Waals surface area contributed by atoms with Crippen molar-refractivity contribution >= 4 is 0 Å². The van der Waals surface area contributed by atoms with Crippen molar-refractivity contribution < 1.29 is 9.47 Å². The molecule has 22 heavy (non-hydrogen) atoms. The topological polar surface area (TPSA) is 18.5 Å². The van der Waals surface area contributed by atoms with Gasteiger partial charge in [-0.1, -0.05) is 39.7 Å². The van der Waals surface area contributed by atoms with Crippen LogP contribution < -0.4 is 4.74 Å². The van der Waals surface area contributed by atoms with E-state index >= 15 is 0 Å². The Balaban J connectivity index is 0.00000211. The van der Waals surface area contributed by atoms with Gasteiger partial charge in [0, 0.05) is 13.2 Å². The summed E-state index contributed by atoms with van der Waals surface area (Å²) in [4.78, 5) is 0. The second-order valence-electron chi connectivity index (χ2n) is 5.51. The standard InChI is InChI=1S/C18H30O2.C2H6/c1-5-6-7-12-19-13-8-9-14-20-18-11-10-15(2)16(3)17(18)4;1-2/h10-11H,5-9,12-14H2,1-4H3;1-2H3. The summed E-state index contributed by atoms with van der Waals surface area (Å²) in [5, 5.41) is 0. The van der Waals surface area contributed by atoms with Gasteiger partial charge in [0.1, 0.15) is 5.75 Å². The van der Waals surface area contributed by atoms with Gasteiger partial charge in [-0.3, -0.25) is 0 Å². The second-order valence-corrected chi connectivity index (χ2v) is 5.51. The van der Waals surface area contributed by atoms with Gasteiger partial charge in [0.25, 0.3) is 0 Å². The van der Waals surface area contributed by atoms with Crippen LogP contribution in [0.5, 0.6) is 5.75 Å². The molecule has 0 fully saturated rings. The fourth-order valence-corrected chi connectivity index (χ4v) is 2.13. The van der Waals surface area contributed by atoms with Gasteiger partial charge in [-0.05, 0) is 62.8 Å². The van der Waals surface area contributed by atoms with Crippen LogP contribution in [0, 0.1) is 20.8 Å². The maximum Gasteiger partial charge on any atom is 0.122 e. The minimum Gasteiger partial charge on any atom is -0.493 e. The predicted molar refractivity (Wildman–Crippen MR) is 97.1 cm³/mol. The average molecular weight is 309 g/mol. The minimum absolute atomic E-state index is 0.779. The number of unbranched alkanes of at least 4 members (excludes halogenated alkanes) is 3. The molecule has 1 aromatic rings. The lowest BCUT2D eigenvalue weighted by Gasteiger charge is -2.12. The van der Waals surface area contributed by atoms with E-state index in [1.807, 2.05) is 13.8 Å². The van der Waals surface area contributed by atoms with Crippen molar-refractivity contribution in [3.05, 3.63) is 28.8 Å². The predicted octanol–water partition coefficient (Wildman–Crippen LogP) is 6.00. The van der Waals surface area contributed by atoms with Crippen LogP contribution in [0.1, 0.15) is 69.6 Å². The van der Waals surface area contributed by atoms with Gasteiger partial charge in [0.05, 0.1) is 6.61 Å². The summed E-state index contributed by atoms with van der Waals surface area (Å²) in [6, 6.07) is 4.22. The van der Waals surface area contributed by atoms with Gasteiger partial charge < -0.3 is 9.47 Å². The van der Waals surface area contributed by atoms with E-state index < -0.39 is 0 Å². The first-order valence-electron chi connectivity index (χ1n) is 8.94. The van der Waals surface area contributed by atoms with Gasteiger partial charge >= 0.3 is 0 Å². The van der Waals surface area contributed by atoms with Crippen LogP contribution in [0.2, 0.25) is 0 Å². The lowest BCUT2D eigenvalue weighted by Crippen LogP contribution is -2.03. The highest BCUT2D eigenvalue weighted by Crippen LogP contribution is 2.23. The molecule has 2 heteroatoms. The Bertz CT molecular complexity index is 386. The van der Waals surface area contributed by atoms with Crippen LogP contribution in [-0.4, -0.2) is 19.8 Å². The number of hydrogen-bond acceptors (Lipinski definition) is 2. The van der Waals surface area contributed by atoms with Crippen molar-refractivity contribution in [1.82, 2.24) is 0 Å². The maximum atomic E-state index is 5.86. The highest BCUT2D eigenvalue weighted by atomic mass is 16.5. The molecule has 0 spiro atoms. The van der Waals surface area contributed by atoms with Crippen molar-refractivity contribution in [2.45, 2.75) is 73.6 Å². The Morgan fingerprint density at radius 3 is 2.00 bits per heavy atom. The molecule has 0 bridgehead atoms. The summed E-state index contributed by atoms with van der Waals surface area (Å²) in [5.74, 6) is 1.02. The average Bonchev–Trinajstić information content (AvgIpc) is 2.55. The highest BCUT2D eigenvalue weighted by molar-refractivity contribution is 5.42. The van der Waals surface area contributed by atoms with E-state index in [2.05, 4.69) is 39.8 Å². The molecule has 1 aromatic carbocycles. The lowest BCUT2D eigenvalue weighted by molar-refractivity contribution is 0.122. The summed E-state index contributed by atoms with van der Waals surface area (Å²) < 4.78 is 11.5. The van der Waals surface area contributed by atoms with Crippen molar-refractivity contribution in [1.29, 1.82) is 0 Å². The molecule has 2 nitrogen and oxygen atoms in total. The molecule has 0 unspecified atom stereocenters. The van der Waals surface area contributed by atoms with E-state index in [0.717, 1.165) is 38.4 Å². The van der Waals surface area contributed by atoms with Gasteiger partial charge in [-0.25, -0.2) is 0 Å². The van der Waals surface area contributed by atoms with Crippen LogP contribution in [0.25, 0.3) is 0 Å². The van der Waals surface area contributed by atoms with E-state index in [0.29, 0.717) is 0 Å². The monoisotopic (exact) mass is 308 g/mol. The van der Waals surface area contributed by atoms with Crippen molar-refractivity contribution in [3.63, 3.8) is 0 Å². The van der Waals surface area contributed by atoms with Crippen LogP contribution in [0.15, 0.2) is 12.1 Å². The molecular formula is C20H36O2. The van der Waals surface area contributed by atoms with Gasteiger partial charge in [-0.15, -0.1) is 0 Å². The normalized spacial score (nSPS) is 10.1. The van der Waals surface area contributed by atoms with E-state index in [-0.39, 0.29) is 0 Å². The smallest absolute Gasteiger partial charge is 0.122 e. The Hall–Kier alpha value is -1.02. The molecule has 0 heterocycles. The van der Waals surface area contributed by atoms with E-state index in [1.165, 1.54) is 36.0 Å². The number of ether oxygens (including phenoxy) is 2. The number of rotatable bonds is 10. The summed E-state index contributed by atoms with van der Waals surface area (Å²) >= 11 is 0. The summed E-state index contributed by atoms with van der Waals surface area (Å²) in [5.41, 5.74) is 3.93. The Kier molecular flexibility index (Phi) is 13.0. The molecule has 0 radical (unpaired) electrons. The molecule has 0 saturated carbocycles. The summed E-state index contributed by atoms with van der Waals surface area (Å²) in [6.07, 6.45) is 5.85. The lowest BCUT2D eigenvalue weighted by atomic mass is 10.0. The van der Waals surface area contributed by atoms with Crippen molar-refractivity contribution in [2.75, 3.05) is 19.8 Å². The third kappa shape index (κ3) is 8.43. The molecule has 0 amide bonds. The first kappa shape index (κ1) is 21.0. The Morgan fingerprint density at radius 2 is 1.36 bits per heavy atom. The fraction of sp³-hybridized carbons (Fsp3) is 0.700. The molecule has 0 aliphatic heterocycles. The second kappa shape index (κ2) is 13.6. The molecule has 0 saturated heterocycles. The Morgan fingerprint density at radius 1 is 0.773 bits per heavy atom. The number of benzene rings is 1. The van der Waals surface area contributed by atoms with Crippen LogP contribution in [0.4, 0.5) is 0 Å². The van der Waals surface area contributed by atoms with Gasteiger partial charge in [0.2, 0.25) is 0 Å². The third-order valence-corrected chi connectivity index (χ3v) is 3.84. The first-order chi connectivity index (χ1) is 10.7. The van der Waals surface area contributed by atoms with E-state index in [4.69, 9.17) is 9.47 Å². The highest BCUT2D eigenvalue weighted by Gasteiger charge is 2.04. The SMILES string of the molecule is CC.CCCCCOCCCCOc1ccc(C)c(C)c1C. The van der Waals surface area contributed by atoms with E-state index in [1.54, 1.807) is 0 Å². The van der Waals surface area contributed by atoms with Crippen molar-refractivity contribution in [3.8, 4) is 5.75 Å². The molecule has 0 atom stereocenters. The van der Waals surface area contributed by atoms with Crippen LogP contribution in [-0.2, 0) is 4.74 Å². The summed E-state index contributed by atoms with van der Waals surface area (Å²) in [7, 11) is 0. The zero-order valence-electron chi connectivity index (χ0n) is 15.6. The molecule has 0 aromatic heterocycles. The molecule has 0 aliphatic carbocycles. The maximum absolute atomic E-state index is 5.86. The summed E-state index contributed by atoms with van der Waals surface area (Å²) in [6.45, 7) is 15.2. The largest absolute Gasteiger partial charge is 0.493 e. The number of aryl methyl sites for hydroxylation is 1. The quantitative estimate of drug-likeness (QED) is 0.493. The van der Waals surface area contributed by atoms with Crippen LogP contribution >= 0.6 is 0 Å². The molecule has 128 valence electrons. The molecular weight excluding hydrogens is 272 g/mol. The fourth-order valence-electron chi connectivity index (χ4n) is 2.13. The zero-order chi connectivity index (χ0) is 16.8. The van der Waals surface area contributed by atoms with E-state index in [9.17, 15) is 0 Å².